The van der Waals surface area contributed by atoms with Gasteiger partial charge in [0.25, 0.3) is 5.91 Å². The summed E-state index contributed by atoms with van der Waals surface area (Å²) in [5.74, 6) is -3.13. The van der Waals surface area contributed by atoms with E-state index >= 15 is 0 Å². The summed E-state index contributed by atoms with van der Waals surface area (Å²) in [4.78, 5) is 12.6. The molecule has 29 heavy (non-hydrogen) atoms. The number of hydrogen-bond acceptors (Lipinski definition) is 6. The number of halogens is 2. The molecule has 4 N–H and O–H groups in total. The minimum Gasteiger partial charge on any atom is -0.387 e. The van der Waals surface area contributed by atoms with Gasteiger partial charge in [-0.25, -0.2) is 8.78 Å². The zero-order chi connectivity index (χ0) is 20.5. The minimum atomic E-state index is -1.12. The molecule has 0 fully saturated rings. The van der Waals surface area contributed by atoms with Gasteiger partial charge < -0.3 is 20.6 Å². The van der Waals surface area contributed by atoms with Crippen LogP contribution in [0.2, 0.25) is 0 Å². The van der Waals surface area contributed by atoms with Gasteiger partial charge in [0.05, 0.1) is 11.1 Å². The molecule has 4 rings (SSSR count). The summed E-state index contributed by atoms with van der Waals surface area (Å²) in [7, 11) is 1.47. The van der Waals surface area contributed by atoms with Gasteiger partial charge in [-0.3, -0.25) is 9.89 Å². The smallest absolute Gasteiger partial charge is 0.261 e. The van der Waals surface area contributed by atoms with Crippen LogP contribution in [-0.4, -0.2) is 34.5 Å². The summed E-state index contributed by atoms with van der Waals surface area (Å²) in [5.41, 5.74) is 1.08. The first kappa shape index (κ1) is 18.3. The van der Waals surface area contributed by atoms with Gasteiger partial charge in [-0.2, -0.15) is 5.10 Å². The average Bonchev–Trinajstić information content (AvgIpc) is 3.36. The molecule has 4 aromatic rings. The van der Waals surface area contributed by atoms with E-state index in [0.717, 1.165) is 12.3 Å². The van der Waals surface area contributed by atoms with E-state index < -0.39 is 23.1 Å². The highest BCUT2D eigenvalue weighted by atomic mass is 19.1. The summed E-state index contributed by atoms with van der Waals surface area (Å²) in [6, 6.07) is 7.45. The number of nitrogens with zero attached hydrogens (tertiary/aromatic N) is 2. The molecule has 2 heterocycles. The van der Waals surface area contributed by atoms with Crippen LogP contribution in [-0.2, 0) is 0 Å². The Kier molecular flexibility index (Phi) is 4.51. The number of aromatic amines is 1. The van der Waals surface area contributed by atoms with E-state index in [1.165, 1.54) is 13.3 Å². The Bertz CT molecular complexity index is 1240. The summed E-state index contributed by atoms with van der Waals surface area (Å²) in [5, 5.41) is 23.9. The minimum absolute atomic E-state index is 0. The predicted octanol–water partition coefficient (Wildman–Crippen LogP) is 4.28. The van der Waals surface area contributed by atoms with Crippen molar-refractivity contribution in [3.05, 3.63) is 59.4 Å². The number of amides is 1. The van der Waals surface area contributed by atoms with Crippen molar-refractivity contribution in [1.29, 1.82) is 5.41 Å². The lowest BCUT2D eigenvalue weighted by atomic mass is 10.1. The predicted molar refractivity (Wildman–Crippen MR) is 108 cm³/mol. The molecule has 150 valence electrons. The number of anilines is 2. The Morgan fingerprint density at radius 3 is 2.83 bits per heavy atom. The first-order valence-electron chi connectivity index (χ1n) is 8.44. The maximum atomic E-state index is 14.7. The molecule has 0 saturated carbocycles. The van der Waals surface area contributed by atoms with E-state index in [4.69, 9.17) is 9.93 Å². The van der Waals surface area contributed by atoms with Crippen LogP contribution >= 0.6 is 0 Å². The highest BCUT2D eigenvalue weighted by Crippen LogP contribution is 2.29. The second-order valence-electron chi connectivity index (χ2n) is 6.07. The van der Waals surface area contributed by atoms with Crippen molar-refractivity contribution in [2.75, 3.05) is 17.7 Å². The highest BCUT2D eigenvalue weighted by Gasteiger charge is 2.23. The number of carbonyl (C=O) groups excluding carboxylic acids is 1. The molecule has 0 aliphatic carbocycles. The molecule has 0 spiro atoms. The lowest BCUT2D eigenvalue weighted by molar-refractivity contribution is 0.101. The molecule has 2 aromatic heterocycles. The van der Waals surface area contributed by atoms with E-state index in [0.29, 0.717) is 28.0 Å². The number of hydrogen-bond donors (Lipinski definition) is 4. The lowest BCUT2D eigenvalue weighted by Gasteiger charge is -2.12. The molecular formula is C19H18F2N6O2. The maximum absolute atomic E-state index is 14.7. The van der Waals surface area contributed by atoms with Crippen LogP contribution in [0.25, 0.3) is 22.3 Å². The molecule has 0 saturated heterocycles. The molecule has 0 unspecified atom stereocenters. The lowest BCUT2D eigenvalue weighted by Crippen LogP contribution is -2.18. The van der Waals surface area contributed by atoms with E-state index in [-0.39, 0.29) is 14.1 Å². The zero-order valence-electron chi connectivity index (χ0n) is 15.0. The Labute approximate surface area is 165 Å². The van der Waals surface area contributed by atoms with Gasteiger partial charge in [-0.1, -0.05) is 5.16 Å². The molecular weight excluding hydrogens is 382 g/mol. The summed E-state index contributed by atoms with van der Waals surface area (Å²) in [6.07, 6.45) is 2.13. The fraction of sp³-hybridized carbons (Fsp3) is 0.0526. The zero-order valence-corrected chi connectivity index (χ0v) is 15.0. The van der Waals surface area contributed by atoms with Gasteiger partial charge in [0.2, 0.25) is 0 Å². The molecule has 0 atom stereocenters. The van der Waals surface area contributed by atoms with Crippen molar-refractivity contribution in [3.8, 4) is 11.4 Å². The average molecular weight is 400 g/mol. The standard InChI is InChI=1S/C19H14F2N6O2.2H2/c1-23-15-7-12(20)16(17(21)11(15)8-22)19(28)24-9-2-3-13-10(6-9)18(26-25-13)14-4-5-29-27-14;;/h2-8,22-23H,1H3,(H,24,28)(H,25,26);2*1H. The maximum Gasteiger partial charge on any atom is 0.261 e. The normalized spacial score (nSPS) is 10.9. The van der Waals surface area contributed by atoms with Crippen LogP contribution in [0, 0.1) is 17.0 Å². The summed E-state index contributed by atoms with van der Waals surface area (Å²) >= 11 is 0. The topological polar surface area (TPSA) is 120 Å². The number of rotatable bonds is 5. The van der Waals surface area contributed by atoms with Gasteiger partial charge in [-0.15, -0.1) is 0 Å². The Balaban J connectivity index is 0.00000171. The fourth-order valence-corrected chi connectivity index (χ4v) is 3.01. The molecule has 0 radical (unpaired) electrons. The first-order valence-corrected chi connectivity index (χ1v) is 8.44. The van der Waals surface area contributed by atoms with Crippen molar-refractivity contribution >= 4 is 34.4 Å². The quantitative estimate of drug-likeness (QED) is 0.373. The molecule has 0 aliphatic rings. The van der Waals surface area contributed by atoms with E-state index in [9.17, 15) is 13.6 Å². The molecule has 0 aliphatic heterocycles. The van der Waals surface area contributed by atoms with Crippen LogP contribution in [0.15, 0.2) is 41.1 Å². The Morgan fingerprint density at radius 1 is 1.31 bits per heavy atom. The summed E-state index contributed by atoms with van der Waals surface area (Å²) in [6.45, 7) is 0. The first-order chi connectivity index (χ1) is 14.0. The SMILES string of the molecule is CNc1cc(F)c(C(=O)Nc2ccc3[nH]nc(-c4ccon4)c3c2)c(F)c1C=N.[HH].[HH]. The molecule has 0 bridgehead atoms. The van der Waals surface area contributed by atoms with Crippen LogP contribution in [0.1, 0.15) is 18.8 Å². The fourth-order valence-electron chi connectivity index (χ4n) is 3.01. The second-order valence-corrected chi connectivity index (χ2v) is 6.07. The van der Waals surface area contributed by atoms with Crippen LogP contribution in [0.3, 0.4) is 0 Å². The van der Waals surface area contributed by atoms with E-state index in [1.54, 1.807) is 24.3 Å². The van der Waals surface area contributed by atoms with Gasteiger partial charge in [0, 0.05) is 38.9 Å². The third kappa shape index (κ3) is 3.10. The number of benzene rings is 2. The largest absolute Gasteiger partial charge is 0.387 e. The number of carbonyl (C=O) groups is 1. The van der Waals surface area contributed by atoms with E-state index in [2.05, 4.69) is 26.0 Å². The Morgan fingerprint density at radius 2 is 2.14 bits per heavy atom. The van der Waals surface area contributed by atoms with Crippen molar-refractivity contribution in [2.24, 2.45) is 0 Å². The number of H-pyrrole nitrogens is 1. The van der Waals surface area contributed by atoms with Crippen LogP contribution in [0.5, 0.6) is 0 Å². The molecule has 10 heteroatoms. The third-order valence-electron chi connectivity index (χ3n) is 4.40. The van der Waals surface area contributed by atoms with Crippen molar-refractivity contribution < 1.29 is 21.0 Å². The molecule has 1 amide bonds. The number of fused-ring (bicyclic) bond motifs is 1. The highest BCUT2D eigenvalue weighted by molar-refractivity contribution is 6.07. The monoisotopic (exact) mass is 400 g/mol. The second kappa shape index (κ2) is 7.15. The summed E-state index contributed by atoms with van der Waals surface area (Å²) < 4.78 is 33.9. The molecule has 2 aromatic carbocycles. The van der Waals surface area contributed by atoms with Crippen molar-refractivity contribution in [1.82, 2.24) is 15.4 Å². The van der Waals surface area contributed by atoms with Gasteiger partial charge in [0.1, 0.15) is 34.8 Å². The van der Waals surface area contributed by atoms with Gasteiger partial charge in [-0.05, 0) is 24.3 Å². The van der Waals surface area contributed by atoms with Crippen LogP contribution < -0.4 is 10.6 Å². The molecule has 8 nitrogen and oxygen atoms in total. The van der Waals surface area contributed by atoms with Gasteiger partial charge >= 0.3 is 0 Å². The van der Waals surface area contributed by atoms with Gasteiger partial charge in [0.15, 0.2) is 0 Å². The van der Waals surface area contributed by atoms with Crippen molar-refractivity contribution in [3.63, 3.8) is 0 Å². The number of aromatic nitrogens is 3. The third-order valence-corrected chi connectivity index (χ3v) is 4.40. The Hall–Kier alpha value is -4.08. The van der Waals surface area contributed by atoms with Crippen LogP contribution in [0.4, 0.5) is 20.2 Å². The van der Waals surface area contributed by atoms with Crippen molar-refractivity contribution in [2.45, 2.75) is 0 Å². The van der Waals surface area contributed by atoms with E-state index in [1.807, 2.05) is 0 Å². The number of nitrogens with one attached hydrogen (secondary N) is 4.